The van der Waals surface area contributed by atoms with E-state index in [-0.39, 0.29) is 5.82 Å². The van der Waals surface area contributed by atoms with E-state index in [4.69, 9.17) is 9.47 Å². The van der Waals surface area contributed by atoms with Gasteiger partial charge in [0.05, 0.1) is 13.7 Å². The third-order valence-corrected chi connectivity index (χ3v) is 4.20. The molecule has 0 atom stereocenters. The van der Waals surface area contributed by atoms with Crippen LogP contribution in [0.3, 0.4) is 0 Å². The summed E-state index contributed by atoms with van der Waals surface area (Å²) in [6.07, 6.45) is 1.39. The highest BCUT2D eigenvalue weighted by Gasteiger charge is 2.07. The van der Waals surface area contributed by atoms with Crippen LogP contribution in [0.2, 0.25) is 0 Å². The number of aromatic nitrogens is 2. The largest absolute Gasteiger partial charge is 0.497 e. The molecule has 0 aliphatic rings. The summed E-state index contributed by atoms with van der Waals surface area (Å²) in [7, 11) is 1.63. The van der Waals surface area contributed by atoms with Crippen molar-refractivity contribution in [2.45, 2.75) is 5.03 Å². The lowest BCUT2D eigenvalue weighted by atomic mass is 10.2. The summed E-state index contributed by atoms with van der Waals surface area (Å²) < 4.78 is 24.5. The monoisotopic (exact) mass is 330 g/mol. The summed E-state index contributed by atoms with van der Waals surface area (Å²) in [6, 6.07) is 12.3. The summed E-state index contributed by atoms with van der Waals surface area (Å²) in [5.41, 5.74) is 0.348. The summed E-state index contributed by atoms with van der Waals surface area (Å²) in [4.78, 5) is 8.22. The van der Waals surface area contributed by atoms with Crippen LogP contribution >= 0.6 is 11.8 Å². The van der Waals surface area contributed by atoms with Gasteiger partial charge in [-0.15, -0.1) is 11.8 Å². The van der Waals surface area contributed by atoms with Crippen LogP contribution in [0, 0.1) is 5.82 Å². The van der Waals surface area contributed by atoms with Gasteiger partial charge in [0.2, 0.25) is 0 Å². The molecule has 118 valence electrons. The molecule has 0 fully saturated rings. The van der Waals surface area contributed by atoms with E-state index in [9.17, 15) is 4.39 Å². The van der Waals surface area contributed by atoms with Crippen molar-refractivity contribution < 1.29 is 13.9 Å². The standard InChI is InChI=1S/C17H15FN2O2S/c1-21-12-5-7-13(8-6-12)22-9-10-23-17-14-3-2-4-15(18)16(14)19-11-20-17/h2-8,11H,9-10H2,1H3. The Morgan fingerprint density at radius 1 is 1.04 bits per heavy atom. The number of fused-ring (bicyclic) bond motifs is 1. The third-order valence-electron chi connectivity index (χ3n) is 3.23. The van der Waals surface area contributed by atoms with Crippen molar-refractivity contribution in [3.8, 4) is 11.5 Å². The summed E-state index contributed by atoms with van der Waals surface area (Å²) in [5, 5.41) is 1.48. The molecule has 0 bridgehead atoms. The average molecular weight is 330 g/mol. The lowest BCUT2D eigenvalue weighted by Gasteiger charge is -2.08. The zero-order chi connectivity index (χ0) is 16.1. The van der Waals surface area contributed by atoms with Crippen molar-refractivity contribution in [3.63, 3.8) is 0 Å². The second kappa shape index (κ2) is 7.28. The maximum atomic E-state index is 13.7. The van der Waals surface area contributed by atoms with E-state index in [2.05, 4.69) is 9.97 Å². The SMILES string of the molecule is COc1ccc(OCCSc2ncnc3c(F)cccc23)cc1. The zero-order valence-electron chi connectivity index (χ0n) is 12.5. The van der Waals surface area contributed by atoms with Crippen molar-refractivity contribution >= 4 is 22.7 Å². The number of hydrogen-bond donors (Lipinski definition) is 0. The van der Waals surface area contributed by atoms with Gasteiger partial charge in [0, 0.05) is 11.1 Å². The maximum absolute atomic E-state index is 13.7. The lowest BCUT2D eigenvalue weighted by Crippen LogP contribution is -2.01. The summed E-state index contributed by atoms with van der Waals surface area (Å²) in [5.74, 6) is 1.95. The number of ether oxygens (including phenoxy) is 2. The normalized spacial score (nSPS) is 10.7. The van der Waals surface area contributed by atoms with E-state index >= 15 is 0 Å². The van der Waals surface area contributed by atoms with E-state index in [1.807, 2.05) is 30.3 Å². The minimum Gasteiger partial charge on any atom is -0.497 e. The van der Waals surface area contributed by atoms with Gasteiger partial charge < -0.3 is 9.47 Å². The van der Waals surface area contributed by atoms with Crippen LogP contribution in [-0.2, 0) is 0 Å². The number of methoxy groups -OCH3 is 1. The molecule has 0 aliphatic heterocycles. The minimum atomic E-state index is -0.332. The Kier molecular flexibility index (Phi) is 4.92. The van der Waals surface area contributed by atoms with Gasteiger partial charge in [-0.25, -0.2) is 14.4 Å². The lowest BCUT2D eigenvalue weighted by molar-refractivity contribution is 0.342. The number of rotatable bonds is 6. The third kappa shape index (κ3) is 3.71. The first kappa shape index (κ1) is 15.6. The van der Waals surface area contributed by atoms with E-state index in [0.29, 0.717) is 17.9 Å². The Hall–Kier alpha value is -2.34. The molecule has 1 aromatic heterocycles. The first-order valence-corrected chi connectivity index (χ1v) is 8.05. The Balaban J connectivity index is 1.59. The molecule has 4 nitrogen and oxygen atoms in total. The number of benzene rings is 2. The van der Waals surface area contributed by atoms with Crippen molar-refractivity contribution in [1.82, 2.24) is 9.97 Å². The van der Waals surface area contributed by atoms with Gasteiger partial charge >= 0.3 is 0 Å². The van der Waals surface area contributed by atoms with Crippen molar-refractivity contribution in [2.75, 3.05) is 19.5 Å². The highest BCUT2D eigenvalue weighted by Crippen LogP contribution is 2.26. The smallest absolute Gasteiger partial charge is 0.149 e. The van der Waals surface area contributed by atoms with Gasteiger partial charge in [0.25, 0.3) is 0 Å². The number of thioether (sulfide) groups is 1. The fourth-order valence-electron chi connectivity index (χ4n) is 2.11. The molecule has 0 unspecified atom stereocenters. The highest BCUT2D eigenvalue weighted by atomic mass is 32.2. The molecule has 0 saturated heterocycles. The van der Waals surface area contributed by atoms with Crippen LogP contribution in [0.15, 0.2) is 53.8 Å². The van der Waals surface area contributed by atoms with E-state index in [0.717, 1.165) is 21.9 Å². The van der Waals surface area contributed by atoms with Crippen molar-refractivity contribution in [3.05, 3.63) is 54.6 Å². The molecule has 0 aliphatic carbocycles. The molecular weight excluding hydrogens is 315 g/mol. The zero-order valence-corrected chi connectivity index (χ0v) is 13.3. The first-order chi connectivity index (χ1) is 11.3. The van der Waals surface area contributed by atoms with Gasteiger partial charge in [-0.2, -0.15) is 0 Å². The van der Waals surface area contributed by atoms with Crippen LogP contribution in [0.5, 0.6) is 11.5 Å². The van der Waals surface area contributed by atoms with Gasteiger partial charge in [-0.05, 0) is 36.4 Å². The van der Waals surface area contributed by atoms with Crippen LogP contribution in [0.4, 0.5) is 4.39 Å². The Morgan fingerprint density at radius 2 is 1.83 bits per heavy atom. The molecule has 0 saturated carbocycles. The maximum Gasteiger partial charge on any atom is 0.149 e. The Bertz CT molecular complexity index is 796. The van der Waals surface area contributed by atoms with Gasteiger partial charge in [-0.3, -0.25) is 0 Å². The predicted octanol–water partition coefficient (Wildman–Crippen LogP) is 3.95. The molecule has 6 heteroatoms. The summed E-state index contributed by atoms with van der Waals surface area (Å²) >= 11 is 1.52. The molecule has 3 rings (SSSR count). The second-order valence-electron chi connectivity index (χ2n) is 4.69. The topological polar surface area (TPSA) is 44.2 Å². The number of nitrogens with zero attached hydrogens (tertiary/aromatic N) is 2. The van der Waals surface area contributed by atoms with Gasteiger partial charge in [-0.1, -0.05) is 6.07 Å². The highest BCUT2D eigenvalue weighted by molar-refractivity contribution is 7.99. The number of halogens is 1. The van der Waals surface area contributed by atoms with E-state index in [1.165, 1.54) is 24.2 Å². The van der Waals surface area contributed by atoms with E-state index in [1.54, 1.807) is 13.2 Å². The molecule has 2 aromatic carbocycles. The number of para-hydroxylation sites is 1. The molecule has 3 aromatic rings. The van der Waals surface area contributed by atoms with Gasteiger partial charge in [0.1, 0.15) is 34.2 Å². The van der Waals surface area contributed by atoms with Crippen molar-refractivity contribution in [1.29, 1.82) is 0 Å². The first-order valence-electron chi connectivity index (χ1n) is 7.07. The molecule has 0 spiro atoms. The number of hydrogen-bond acceptors (Lipinski definition) is 5. The molecule has 23 heavy (non-hydrogen) atoms. The molecule has 1 heterocycles. The van der Waals surface area contributed by atoms with Crippen LogP contribution < -0.4 is 9.47 Å². The molecular formula is C17H15FN2O2S. The van der Waals surface area contributed by atoms with Crippen LogP contribution in [0.25, 0.3) is 10.9 Å². The van der Waals surface area contributed by atoms with Crippen LogP contribution in [-0.4, -0.2) is 29.4 Å². The Morgan fingerprint density at radius 3 is 2.61 bits per heavy atom. The Labute approximate surface area is 137 Å². The fraction of sp³-hybridized carbons (Fsp3) is 0.176. The van der Waals surface area contributed by atoms with Gasteiger partial charge in [0.15, 0.2) is 0 Å². The minimum absolute atomic E-state index is 0.332. The van der Waals surface area contributed by atoms with Crippen LogP contribution in [0.1, 0.15) is 0 Å². The molecule has 0 N–H and O–H groups in total. The average Bonchev–Trinajstić information content (AvgIpc) is 2.60. The fourth-order valence-corrected chi connectivity index (χ4v) is 2.91. The molecule has 0 radical (unpaired) electrons. The molecule has 0 amide bonds. The van der Waals surface area contributed by atoms with E-state index < -0.39 is 0 Å². The summed E-state index contributed by atoms with van der Waals surface area (Å²) in [6.45, 7) is 0.526. The van der Waals surface area contributed by atoms with Crippen molar-refractivity contribution in [2.24, 2.45) is 0 Å². The quantitative estimate of drug-likeness (QED) is 0.389. The second-order valence-corrected chi connectivity index (χ2v) is 5.77. The predicted molar refractivity (Wildman–Crippen MR) is 88.7 cm³/mol.